The van der Waals surface area contributed by atoms with E-state index >= 15 is 0 Å². The molecule has 1 aliphatic carbocycles. The Hall–Kier alpha value is -3.58. The molecule has 200 valence electrons. The van der Waals surface area contributed by atoms with Gasteiger partial charge in [-0.3, -0.25) is 0 Å². The zero-order valence-electron chi connectivity index (χ0n) is 21.3. The predicted molar refractivity (Wildman–Crippen MR) is 154 cm³/mol. The van der Waals surface area contributed by atoms with Crippen LogP contribution in [-0.4, -0.2) is 36.4 Å². The lowest BCUT2D eigenvalue weighted by atomic mass is 10.1. The molecule has 0 radical (unpaired) electrons. The minimum absolute atomic E-state index is 0.0402. The molecule has 4 aromatic rings. The van der Waals surface area contributed by atoms with Crippen LogP contribution in [0, 0.1) is 5.92 Å². The summed E-state index contributed by atoms with van der Waals surface area (Å²) in [6.45, 7) is 0.804. The number of nitrogens with zero attached hydrogens (tertiary/aromatic N) is 1. The topological polar surface area (TPSA) is 77.9 Å². The van der Waals surface area contributed by atoms with E-state index in [-0.39, 0.29) is 24.0 Å². The van der Waals surface area contributed by atoms with E-state index in [9.17, 15) is 9.90 Å². The van der Waals surface area contributed by atoms with Gasteiger partial charge in [-0.1, -0.05) is 53.5 Å². The Labute approximate surface area is 236 Å². The molecule has 1 atom stereocenters. The van der Waals surface area contributed by atoms with Crippen molar-refractivity contribution in [2.75, 3.05) is 20.3 Å². The molecule has 1 saturated carbocycles. The first-order valence-corrected chi connectivity index (χ1v) is 13.3. The van der Waals surface area contributed by atoms with Crippen molar-refractivity contribution in [2.45, 2.75) is 18.9 Å². The third-order valence-corrected chi connectivity index (χ3v) is 7.24. The number of methoxy groups -OCH3 is 1. The highest BCUT2D eigenvalue weighted by Crippen LogP contribution is 2.32. The Morgan fingerprint density at radius 2 is 1.87 bits per heavy atom. The zero-order chi connectivity index (χ0) is 27.4. The molecule has 39 heavy (non-hydrogen) atoms. The molecule has 1 aromatic heterocycles. The molecule has 8 heteroatoms. The lowest BCUT2D eigenvalue weighted by Gasteiger charge is -2.20. The van der Waals surface area contributed by atoms with Crippen molar-refractivity contribution in [2.24, 2.45) is 5.92 Å². The fourth-order valence-electron chi connectivity index (χ4n) is 4.14. The van der Waals surface area contributed by atoms with E-state index in [0.29, 0.717) is 28.3 Å². The van der Waals surface area contributed by atoms with Crippen LogP contribution in [0.2, 0.25) is 10.0 Å². The summed E-state index contributed by atoms with van der Waals surface area (Å²) in [4.78, 5) is 16.4. The van der Waals surface area contributed by atoms with Gasteiger partial charge in [0.15, 0.2) is 0 Å². The summed E-state index contributed by atoms with van der Waals surface area (Å²) in [7, 11) is 1.49. The van der Waals surface area contributed by atoms with Crippen LogP contribution in [0.1, 0.15) is 46.1 Å². The van der Waals surface area contributed by atoms with Crippen LogP contribution >= 0.6 is 23.2 Å². The second-order valence-electron chi connectivity index (χ2n) is 9.44. The van der Waals surface area contributed by atoms with Gasteiger partial charge in [0.2, 0.25) is 0 Å². The molecule has 0 unspecified atom stereocenters. The molecule has 0 amide bonds. The summed E-state index contributed by atoms with van der Waals surface area (Å²) >= 11 is 12.3. The quantitative estimate of drug-likeness (QED) is 0.199. The van der Waals surface area contributed by atoms with E-state index in [4.69, 9.17) is 37.4 Å². The summed E-state index contributed by atoms with van der Waals surface area (Å²) in [5.41, 5.74) is 3.51. The Kier molecular flexibility index (Phi) is 8.36. The molecule has 1 fully saturated rings. The maximum Gasteiger partial charge on any atom is 0.339 e. The van der Waals surface area contributed by atoms with Gasteiger partial charge in [-0.25, -0.2) is 9.78 Å². The second kappa shape index (κ2) is 12.1. The molecule has 1 heterocycles. The first kappa shape index (κ1) is 27.0. The number of carbonyl (C=O) groups is 1. The lowest BCUT2D eigenvalue weighted by molar-refractivity contribution is 0.0128. The van der Waals surface area contributed by atoms with E-state index in [1.54, 1.807) is 24.3 Å². The summed E-state index contributed by atoms with van der Waals surface area (Å²) in [6.07, 6.45) is 5.88. The number of halogens is 2. The summed E-state index contributed by atoms with van der Waals surface area (Å²) in [5.74, 6) is 0.198. The Morgan fingerprint density at radius 1 is 1.05 bits per heavy atom. The second-order valence-corrected chi connectivity index (χ2v) is 10.3. The van der Waals surface area contributed by atoms with Crippen molar-refractivity contribution in [1.29, 1.82) is 0 Å². The maximum absolute atomic E-state index is 11.8. The molecular weight excluding hydrogens is 537 g/mol. The number of fused-ring (bicyclic) bond motifs is 1. The first-order chi connectivity index (χ1) is 18.9. The van der Waals surface area contributed by atoms with Crippen molar-refractivity contribution < 1.29 is 24.1 Å². The highest BCUT2D eigenvalue weighted by molar-refractivity contribution is 6.42. The van der Waals surface area contributed by atoms with Crippen molar-refractivity contribution in [3.05, 3.63) is 99.2 Å². The number of benzene rings is 3. The predicted octanol–water partition coefficient (Wildman–Crippen LogP) is 7.97. The van der Waals surface area contributed by atoms with Crippen LogP contribution in [0.4, 0.5) is 0 Å². The smallest absolute Gasteiger partial charge is 0.339 e. The van der Waals surface area contributed by atoms with Crippen molar-refractivity contribution in [3.8, 4) is 11.5 Å². The van der Waals surface area contributed by atoms with Crippen LogP contribution in [0.5, 0.6) is 11.5 Å². The van der Waals surface area contributed by atoms with Crippen LogP contribution in [0.25, 0.3) is 23.1 Å². The number of hydrogen-bond acceptors (Lipinski definition) is 5. The number of hydrogen-bond donors (Lipinski definition) is 1. The van der Waals surface area contributed by atoms with Gasteiger partial charge in [0.05, 0.1) is 35.0 Å². The van der Waals surface area contributed by atoms with Crippen molar-refractivity contribution >= 4 is 52.2 Å². The Bertz CT molecular complexity index is 1530. The third kappa shape index (κ3) is 6.90. The van der Waals surface area contributed by atoms with Crippen molar-refractivity contribution in [3.63, 3.8) is 0 Å². The van der Waals surface area contributed by atoms with Crippen molar-refractivity contribution in [1.82, 2.24) is 4.98 Å². The average molecular weight is 564 g/mol. The Morgan fingerprint density at radius 3 is 2.64 bits per heavy atom. The number of carboxylic acids is 1. The molecule has 0 bridgehead atoms. The van der Waals surface area contributed by atoms with Crippen LogP contribution in [0.15, 0.2) is 66.7 Å². The van der Waals surface area contributed by atoms with E-state index in [1.165, 1.54) is 13.2 Å². The minimum atomic E-state index is -1.08. The molecule has 1 aliphatic rings. The summed E-state index contributed by atoms with van der Waals surface area (Å²) in [6, 6.07) is 20.2. The van der Waals surface area contributed by atoms with Gasteiger partial charge >= 0.3 is 5.97 Å². The van der Waals surface area contributed by atoms with Gasteiger partial charge in [-0.05, 0) is 78.4 Å². The van der Waals surface area contributed by atoms with Gasteiger partial charge in [0, 0.05) is 5.39 Å². The monoisotopic (exact) mass is 563 g/mol. The number of carboxylic acid groups (broad SMARTS) is 1. The Balaban J connectivity index is 1.35. The van der Waals surface area contributed by atoms with Gasteiger partial charge in [0.25, 0.3) is 0 Å². The molecule has 3 aromatic carbocycles. The van der Waals surface area contributed by atoms with E-state index in [1.807, 2.05) is 48.6 Å². The SMILES string of the molecule is COc1ccc(OC[C@H](OCC2CC2)c2cccc(/C=C/c3ccc4cc(Cl)c(Cl)cc4n3)c2)c(C(=O)O)c1. The third-order valence-electron chi connectivity index (χ3n) is 6.52. The lowest BCUT2D eigenvalue weighted by Crippen LogP contribution is -2.16. The zero-order valence-corrected chi connectivity index (χ0v) is 22.8. The first-order valence-electron chi connectivity index (χ1n) is 12.6. The number of pyridine rings is 1. The highest BCUT2D eigenvalue weighted by atomic mass is 35.5. The number of ether oxygens (including phenoxy) is 3. The van der Waals surface area contributed by atoms with Crippen LogP contribution in [0.3, 0.4) is 0 Å². The van der Waals surface area contributed by atoms with E-state index in [0.717, 1.165) is 40.6 Å². The normalized spacial score (nSPS) is 14.0. The maximum atomic E-state index is 11.8. The minimum Gasteiger partial charge on any atom is -0.497 e. The van der Waals surface area contributed by atoms with Gasteiger partial charge in [-0.2, -0.15) is 0 Å². The molecule has 0 spiro atoms. The summed E-state index contributed by atoms with van der Waals surface area (Å²) < 4.78 is 17.4. The fourth-order valence-corrected chi connectivity index (χ4v) is 4.47. The molecule has 5 rings (SSSR count). The molecule has 6 nitrogen and oxygen atoms in total. The average Bonchev–Trinajstić information content (AvgIpc) is 3.77. The summed E-state index contributed by atoms with van der Waals surface area (Å²) in [5, 5.41) is 11.5. The van der Waals surface area contributed by atoms with Crippen LogP contribution in [-0.2, 0) is 4.74 Å². The van der Waals surface area contributed by atoms with Crippen LogP contribution < -0.4 is 9.47 Å². The van der Waals surface area contributed by atoms with Gasteiger partial charge in [-0.15, -0.1) is 0 Å². The number of aromatic nitrogens is 1. The number of aromatic carboxylic acids is 1. The fraction of sp³-hybridized carbons (Fsp3) is 0.226. The molecular formula is C31H27Cl2NO5. The molecule has 0 saturated heterocycles. The van der Waals surface area contributed by atoms with Gasteiger partial charge < -0.3 is 19.3 Å². The largest absolute Gasteiger partial charge is 0.497 e. The standard InChI is InChI=1S/C31H27Cl2NO5/c1-37-24-11-12-29(25(15-24)31(35)36)39-18-30(38-17-20-5-6-20)22-4-2-3-19(13-22)7-9-23-10-8-21-14-26(32)27(33)16-28(21)34-23/h2-4,7-16,20,30H,5-6,17-18H2,1H3,(H,35,36)/b9-7+/t30-/m0/s1. The van der Waals surface area contributed by atoms with E-state index < -0.39 is 5.97 Å². The van der Waals surface area contributed by atoms with E-state index in [2.05, 4.69) is 4.98 Å². The number of rotatable bonds is 11. The molecule has 1 N–H and O–H groups in total. The van der Waals surface area contributed by atoms with Gasteiger partial charge in [0.1, 0.15) is 29.8 Å². The molecule has 0 aliphatic heterocycles. The highest BCUT2D eigenvalue weighted by Gasteiger charge is 2.25.